The van der Waals surface area contributed by atoms with Gasteiger partial charge in [-0.25, -0.2) is 4.98 Å². The summed E-state index contributed by atoms with van der Waals surface area (Å²) in [6.45, 7) is 6.84. The van der Waals surface area contributed by atoms with Crippen molar-refractivity contribution in [3.8, 4) is 17.1 Å². The molecule has 158 valence electrons. The van der Waals surface area contributed by atoms with E-state index in [1.807, 2.05) is 37.4 Å². The van der Waals surface area contributed by atoms with Gasteiger partial charge in [-0.2, -0.15) is 0 Å². The van der Waals surface area contributed by atoms with Crippen molar-refractivity contribution < 1.29 is 5.11 Å². The van der Waals surface area contributed by atoms with E-state index in [2.05, 4.69) is 44.0 Å². The van der Waals surface area contributed by atoms with Gasteiger partial charge in [-0.1, -0.05) is 31.2 Å². The molecule has 0 bridgehead atoms. The first-order valence-electron chi connectivity index (χ1n) is 10.9. The number of imidazole rings is 1. The SMILES string of the molecule is CCc1ccc(-c2nc3c(N4CCN(Cc5ccccn5)CC4)cccc3[nH]2)cc1O. The first-order valence-corrected chi connectivity index (χ1v) is 10.9. The first kappa shape index (κ1) is 19.6. The van der Waals surface area contributed by atoms with E-state index in [1.165, 1.54) is 0 Å². The molecule has 1 aliphatic heterocycles. The van der Waals surface area contributed by atoms with Gasteiger partial charge in [-0.15, -0.1) is 0 Å². The maximum atomic E-state index is 10.3. The van der Waals surface area contributed by atoms with Crippen LogP contribution in [0.25, 0.3) is 22.4 Å². The van der Waals surface area contributed by atoms with Gasteiger partial charge in [0.1, 0.15) is 17.1 Å². The van der Waals surface area contributed by atoms with E-state index in [-0.39, 0.29) is 0 Å². The largest absolute Gasteiger partial charge is 0.508 e. The molecule has 3 heterocycles. The number of phenols is 1. The molecule has 6 nitrogen and oxygen atoms in total. The van der Waals surface area contributed by atoms with Gasteiger partial charge in [-0.3, -0.25) is 9.88 Å². The zero-order valence-corrected chi connectivity index (χ0v) is 17.8. The number of H-pyrrole nitrogens is 1. The van der Waals surface area contributed by atoms with E-state index in [9.17, 15) is 5.11 Å². The molecule has 1 saturated heterocycles. The van der Waals surface area contributed by atoms with Crippen LogP contribution in [0.3, 0.4) is 0 Å². The second-order valence-corrected chi connectivity index (χ2v) is 8.04. The predicted octanol–water partition coefficient (Wildman–Crippen LogP) is 4.22. The molecule has 0 unspecified atom stereocenters. The van der Waals surface area contributed by atoms with Crippen molar-refractivity contribution in [1.29, 1.82) is 0 Å². The van der Waals surface area contributed by atoms with Crippen LogP contribution < -0.4 is 4.90 Å². The highest BCUT2D eigenvalue weighted by Gasteiger charge is 2.20. The zero-order chi connectivity index (χ0) is 21.2. The highest BCUT2D eigenvalue weighted by atomic mass is 16.3. The highest BCUT2D eigenvalue weighted by molar-refractivity contribution is 5.91. The number of piperazine rings is 1. The van der Waals surface area contributed by atoms with Crippen LogP contribution >= 0.6 is 0 Å². The standard InChI is InChI=1S/C25H27N5O/c1-2-18-9-10-19(16-23(18)31)25-27-21-7-5-8-22(24(21)28-25)30-14-12-29(13-15-30)17-20-6-3-4-11-26-20/h3-11,16,31H,2,12-15,17H2,1H3,(H,27,28). The summed E-state index contributed by atoms with van der Waals surface area (Å²) >= 11 is 0. The Morgan fingerprint density at radius 3 is 2.61 bits per heavy atom. The second-order valence-electron chi connectivity index (χ2n) is 8.04. The Morgan fingerprint density at radius 2 is 1.87 bits per heavy atom. The number of rotatable bonds is 5. The minimum atomic E-state index is 0.324. The van der Waals surface area contributed by atoms with Crippen LogP contribution in [0.5, 0.6) is 5.75 Å². The van der Waals surface area contributed by atoms with Crippen LogP contribution in [0.4, 0.5) is 5.69 Å². The summed E-state index contributed by atoms with van der Waals surface area (Å²) in [5.41, 5.74) is 6.12. The minimum absolute atomic E-state index is 0.324. The summed E-state index contributed by atoms with van der Waals surface area (Å²) in [6, 6.07) is 18.2. The number of nitrogens with one attached hydrogen (secondary N) is 1. The lowest BCUT2D eigenvalue weighted by molar-refractivity contribution is 0.247. The third kappa shape index (κ3) is 3.99. The second kappa shape index (κ2) is 8.40. The van der Waals surface area contributed by atoms with E-state index in [0.29, 0.717) is 5.75 Å². The Bertz CT molecular complexity index is 1180. The van der Waals surface area contributed by atoms with Crippen molar-refractivity contribution in [2.75, 3.05) is 31.1 Å². The molecule has 1 fully saturated rings. The normalized spacial score (nSPS) is 14.9. The molecule has 5 rings (SSSR count). The molecule has 0 radical (unpaired) electrons. The molecule has 1 aliphatic rings. The quantitative estimate of drug-likeness (QED) is 0.513. The topological polar surface area (TPSA) is 68.3 Å². The van der Waals surface area contributed by atoms with Gasteiger partial charge in [0.05, 0.1) is 16.9 Å². The number of para-hydroxylation sites is 1. The van der Waals surface area contributed by atoms with Crippen LogP contribution in [0.1, 0.15) is 18.2 Å². The monoisotopic (exact) mass is 413 g/mol. The van der Waals surface area contributed by atoms with Crippen LogP contribution in [-0.4, -0.2) is 51.1 Å². The molecule has 2 N–H and O–H groups in total. The smallest absolute Gasteiger partial charge is 0.138 e. The fraction of sp³-hybridized carbons (Fsp3) is 0.280. The number of aromatic hydroxyl groups is 1. The fourth-order valence-corrected chi connectivity index (χ4v) is 4.29. The lowest BCUT2D eigenvalue weighted by atomic mass is 10.1. The van der Waals surface area contributed by atoms with Crippen molar-refractivity contribution in [3.63, 3.8) is 0 Å². The molecular weight excluding hydrogens is 386 g/mol. The number of anilines is 1. The average molecular weight is 414 g/mol. The molecule has 6 heteroatoms. The number of phenolic OH excluding ortho intramolecular Hbond substituents is 1. The van der Waals surface area contributed by atoms with Crippen molar-refractivity contribution in [1.82, 2.24) is 19.9 Å². The molecule has 31 heavy (non-hydrogen) atoms. The Morgan fingerprint density at radius 1 is 1.00 bits per heavy atom. The van der Waals surface area contributed by atoms with Gasteiger partial charge < -0.3 is 15.0 Å². The van der Waals surface area contributed by atoms with Crippen molar-refractivity contribution in [2.24, 2.45) is 0 Å². The Balaban J connectivity index is 1.36. The van der Waals surface area contributed by atoms with Crippen LogP contribution in [0.2, 0.25) is 0 Å². The van der Waals surface area contributed by atoms with Gasteiger partial charge in [0.2, 0.25) is 0 Å². The number of aryl methyl sites for hydroxylation is 1. The van der Waals surface area contributed by atoms with Gasteiger partial charge in [0.15, 0.2) is 0 Å². The minimum Gasteiger partial charge on any atom is -0.508 e. The third-order valence-electron chi connectivity index (χ3n) is 6.06. The summed E-state index contributed by atoms with van der Waals surface area (Å²) in [7, 11) is 0. The molecule has 0 amide bonds. The predicted molar refractivity (Wildman–Crippen MR) is 124 cm³/mol. The third-order valence-corrected chi connectivity index (χ3v) is 6.06. The summed E-state index contributed by atoms with van der Waals surface area (Å²) in [6.07, 6.45) is 2.67. The van der Waals surface area contributed by atoms with Crippen LogP contribution in [0.15, 0.2) is 60.8 Å². The van der Waals surface area contributed by atoms with Crippen LogP contribution in [0, 0.1) is 0 Å². The maximum Gasteiger partial charge on any atom is 0.138 e. The summed E-state index contributed by atoms with van der Waals surface area (Å²) in [4.78, 5) is 17.7. The van der Waals surface area contributed by atoms with Gasteiger partial charge in [0.25, 0.3) is 0 Å². The average Bonchev–Trinajstić information content (AvgIpc) is 3.25. The van der Waals surface area contributed by atoms with Crippen molar-refractivity contribution >= 4 is 16.7 Å². The molecule has 0 spiro atoms. The van der Waals surface area contributed by atoms with Crippen LogP contribution in [-0.2, 0) is 13.0 Å². The van der Waals surface area contributed by atoms with Gasteiger partial charge in [0, 0.05) is 44.5 Å². The number of nitrogens with zero attached hydrogens (tertiary/aromatic N) is 4. The fourth-order valence-electron chi connectivity index (χ4n) is 4.29. The molecule has 2 aromatic carbocycles. The Labute approximate surface area is 182 Å². The van der Waals surface area contributed by atoms with E-state index >= 15 is 0 Å². The molecular formula is C25H27N5O. The number of benzene rings is 2. The number of pyridine rings is 1. The number of fused-ring (bicyclic) bond motifs is 1. The lowest BCUT2D eigenvalue weighted by Crippen LogP contribution is -2.46. The first-order chi connectivity index (χ1) is 15.2. The number of aromatic nitrogens is 3. The van der Waals surface area contributed by atoms with Crippen molar-refractivity contribution in [2.45, 2.75) is 19.9 Å². The van der Waals surface area contributed by atoms with E-state index in [1.54, 1.807) is 6.07 Å². The highest BCUT2D eigenvalue weighted by Crippen LogP contribution is 2.31. The lowest BCUT2D eigenvalue weighted by Gasteiger charge is -2.36. The Hall–Kier alpha value is -3.38. The zero-order valence-electron chi connectivity index (χ0n) is 17.8. The summed E-state index contributed by atoms with van der Waals surface area (Å²) in [5, 5.41) is 10.3. The number of aromatic amines is 1. The maximum absolute atomic E-state index is 10.3. The Kier molecular flexibility index (Phi) is 5.30. The van der Waals surface area contributed by atoms with E-state index < -0.39 is 0 Å². The molecule has 0 atom stereocenters. The van der Waals surface area contributed by atoms with Crippen molar-refractivity contribution in [3.05, 3.63) is 72.1 Å². The molecule has 2 aromatic heterocycles. The molecule has 4 aromatic rings. The summed E-state index contributed by atoms with van der Waals surface area (Å²) < 4.78 is 0. The van der Waals surface area contributed by atoms with Gasteiger partial charge in [-0.05, 0) is 42.3 Å². The number of hydrogen-bond donors (Lipinski definition) is 2. The summed E-state index contributed by atoms with van der Waals surface area (Å²) in [5.74, 6) is 1.11. The molecule has 0 saturated carbocycles. The van der Waals surface area contributed by atoms with E-state index in [0.717, 1.165) is 78.5 Å². The number of hydrogen-bond acceptors (Lipinski definition) is 5. The van der Waals surface area contributed by atoms with Gasteiger partial charge >= 0.3 is 0 Å². The van der Waals surface area contributed by atoms with E-state index in [4.69, 9.17) is 4.98 Å². The molecule has 0 aliphatic carbocycles.